The summed E-state index contributed by atoms with van der Waals surface area (Å²) in [5, 5.41) is 13.5. The smallest absolute Gasteiger partial charge is 0.308 e. The second kappa shape index (κ2) is 12.0. The topological polar surface area (TPSA) is 108 Å². The maximum absolute atomic E-state index is 12.6. The molecule has 1 N–H and O–H groups in total. The highest BCUT2D eigenvalue weighted by Gasteiger charge is 2.17. The molecule has 1 heterocycles. The number of hydrogen-bond acceptors (Lipinski definition) is 8. The molecule has 0 atom stereocenters. The number of nitrogens with zero attached hydrogens (tertiary/aromatic N) is 4. The third kappa shape index (κ3) is 6.62. The van der Waals surface area contributed by atoms with Gasteiger partial charge >= 0.3 is 5.97 Å². The minimum Gasteiger partial charge on any atom is -0.497 e. The molecule has 0 aliphatic rings. The molecule has 188 valence electrons. The lowest BCUT2D eigenvalue weighted by atomic mass is 10.1. The summed E-state index contributed by atoms with van der Waals surface area (Å²) in [5.74, 6) is 1.27. The van der Waals surface area contributed by atoms with E-state index in [-0.39, 0.29) is 17.6 Å². The van der Waals surface area contributed by atoms with Crippen molar-refractivity contribution in [2.45, 2.75) is 19.0 Å². The van der Waals surface area contributed by atoms with Crippen molar-refractivity contribution in [3.63, 3.8) is 0 Å². The SMILES string of the molecule is COc1ccc(-c2nnc(SCC(=O)N/N=C(/C)c3ccc(OC(C)=O)cc3)n2-c2ccccc2)cc1. The third-order valence-electron chi connectivity index (χ3n) is 5.21. The molecule has 9 nitrogen and oxygen atoms in total. The molecule has 0 fully saturated rings. The highest BCUT2D eigenvalue weighted by Crippen LogP contribution is 2.29. The normalized spacial score (nSPS) is 11.2. The zero-order valence-corrected chi connectivity index (χ0v) is 21.4. The quantitative estimate of drug-likeness (QED) is 0.115. The molecule has 1 aromatic heterocycles. The van der Waals surface area contributed by atoms with Crippen LogP contribution < -0.4 is 14.9 Å². The lowest BCUT2D eigenvalue weighted by Gasteiger charge is -2.10. The number of nitrogens with one attached hydrogen (secondary N) is 1. The fourth-order valence-electron chi connectivity index (χ4n) is 3.40. The van der Waals surface area contributed by atoms with Gasteiger partial charge < -0.3 is 9.47 Å². The predicted molar refractivity (Wildman–Crippen MR) is 142 cm³/mol. The van der Waals surface area contributed by atoms with Crippen LogP contribution in [0.2, 0.25) is 0 Å². The number of carbonyl (C=O) groups excluding carboxylic acids is 2. The van der Waals surface area contributed by atoms with E-state index in [1.54, 1.807) is 38.3 Å². The Hall–Kier alpha value is -4.44. The fraction of sp³-hybridized carbons (Fsp3) is 0.148. The lowest BCUT2D eigenvalue weighted by Crippen LogP contribution is -2.21. The van der Waals surface area contributed by atoms with E-state index >= 15 is 0 Å². The highest BCUT2D eigenvalue weighted by atomic mass is 32.2. The molecule has 0 bridgehead atoms. The van der Waals surface area contributed by atoms with Gasteiger partial charge in [-0.2, -0.15) is 5.10 Å². The van der Waals surface area contributed by atoms with Gasteiger partial charge in [-0.25, -0.2) is 5.43 Å². The predicted octanol–water partition coefficient (Wildman–Crippen LogP) is 4.50. The van der Waals surface area contributed by atoms with Crippen LogP contribution in [0.4, 0.5) is 0 Å². The summed E-state index contributed by atoms with van der Waals surface area (Å²) in [5.41, 5.74) is 5.73. The fourth-order valence-corrected chi connectivity index (χ4v) is 4.15. The number of para-hydroxylation sites is 1. The molecule has 0 radical (unpaired) electrons. The van der Waals surface area contributed by atoms with E-state index < -0.39 is 0 Å². The standard InChI is InChI=1S/C27H25N5O4S/c1-18(20-9-15-24(16-10-20)36-19(2)33)28-29-25(34)17-37-27-31-30-26(21-11-13-23(35-3)14-12-21)32(27)22-7-5-4-6-8-22/h4-16H,17H2,1-3H3,(H,29,34)/b28-18-. The molecule has 0 aliphatic carbocycles. The maximum Gasteiger partial charge on any atom is 0.308 e. The second-order valence-corrected chi connectivity index (χ2v) is 8.79. The van der Waals surface area contributed by atoms with Crippen molar-refractivity contribution in [3.8, 4) is 28.6 Å². The van der Waals surface area contributed by atoms with Crippen LogP contribution in [-0.2, 0) is 9.59 Å². The summed E-state index contributed by atoms with van der Waals surface area (Å²) in [6.45, 7) is 3.12. The van der Waals surface area contributed by atoms with Gasteiger partial charge in [-0.15, -0.1) is 10.2 Å². The average molecular weight is 516 g/mol. The first kappa shape index (κ1) is 25.6. The van der Waals surface area contributed by atoms with Crippen LogP contribution in [-0.4, -0.2) is 45.2 Å². The summed E-state index contributed by atoms with van der Waals surface area (Å²) in [6, 6.07) is 24.2. The Bertz CT molecular complexity index is 1400. The van der Waals surface area contributed by atoms with Crippen LogP contribution in [0.15, 0.2) is 89.1 Å². The summed E-state index contributed by atoms with van der Waals surface area (Å²) < 4.78 is 12.2. The molecular weight excluding hydrogens is 490 g/mol. The van der Waals surface area contributed by atoms with Crippen LogP contribution in [0.5, 0.6) is 11.5 Å². The Labute approximate surface area is 218 Å². The Morgan fingerprint density at radius 1 is 0.919 bits per heavy atom. The minimum atomic E-state index is -0.387. The highest BCUT2D eigenvalue weighted by molar-refractivity contribution is 7.99. The molecule has 0 aliphatic heterocycles. The summed E-state index contributed by atoms with van der Waals surface area (Å²) in [4.78, 5) is 23.6. The first-order chi connectivity index (χ1) is 17.9. The summed E-state index contributed by atoms with van der Waals surface area (Å²) in [7, 11) is 1.62. The van der Waals surface area contributed by atoms with E-state index in [9.17, 15) is 9.59 Å². The van der Waals surface area contributed by atoms with Crippen molar-refractivity contribution in [3.05, 3.63) is 84.4 Å². The average Bonchev–Trinajstić information content (AvgIpc) is 3.35. The number of esters is 1. The van der Waals surface area contributed by atoms with E-state index in [0.29, 0.717) is 22.4 Å². The first-order valence-corrected chi connectivity index (χ1v) is 12.3. The molecule has 37 heavy (non-hydrogen) atoms. The van der Waals surface area contributed by atoms with Crippen molar-refractivity contribution < 1.29 is 19.1 Å². The van der Waals surface area contributed by atoms with Gasteiger partial charge in [0.05, 0.1) is 18.6 Å². The van der Waals surface area contributed by atoms with E-state index in [1.807, 2.05) is 59.2 Å². The number of hydrogen-bond donors (Lipinski definition) is 1. The second-order valence-electron chi connectivity index (χ2n) is 7.84. The van der Waals surface area contributed by atoms with Crippen LogP contribution in [0.25, 0.3) is 17.1 Å². The molecule has 4 aromatic rings. The number of rotatable bonds is 9. The van der Waals surface area contributed by atoms with Crippen LogP contribution in [0.3, 0.4) is 0 Å². The van der Waals surface area contributed by atoms with E-state index in [0.717, 1.165) is 22.6 Å². The number of ether oxygens (including phenoxy) is 2. The molecule has 10 heteroatoms. The molecule has 0 unspecified atom stereocenters. The number of amides is 1. The molecule has 3 aromatic carbocycles. The molecule has 0 saturated carbocycles. The van der Waals surface area contributed by atoms with Gasteiger partial charge in [0.1, 0.15) is 11.5 Å². The molecule has 1 amide bonds. The largest absolute Gasteiger partial charge is 0.497 e. The zero-order valence-electron chi connectivity index (χ0n) is 20.5. The molecular formula is C27H25N5O4S. The number of hydrazone groups is 1. The number of benzene rings is 3. The number of carbonyl (C=O) groups is 2. The lowest BCUT2D eigenvalue weighted by molar-refractivity contribution is -0.131. The van der Waals surface area contributed by atoms with Crippen molar-refractivity contribution in [2.24, 2.45) is 5.10 Å². The van der Waals surface area contributed by atoms with Gasteiger partial charge in [-0.3, -0.25) is 14.2 Å². The van der Waals surface area contributed by atoms with Crippen molar-refractivity contribution in [1.82, 2.24) is 20.2 Å². The van der Waals surface area contributed by atoms with Gasteiger partial charge in [0.15, 0.2) is 11.0 Å². The van der Waals surface area contributed by atoms with Gasteiger partial charge in [-0.05, 0) is 73.2 Å². The third-order valence-corrected chi connectivity index (χ3v) is 6.14. The Balaban J connectivity index is 1.46. The zero-order chi connectivity index (χ0) is 26.2. The van der Waals surface area contributed by atoms with Crippen molar-refractivity contribution >= 4 is 29.4 Å². The Morgan fingerprint density at radius 3 is 2.24 bits per heavy atom. The Morgan fingerprint density at radius 2 is 1.59 bits per heavy atom. The first-order valence-electron chi connectivity index (χ1n) is 11.3. The summed E-state index contributed by atoms with van der Waals surface area (Å²) >= 11 is 1.26. The van der Waals surface area contributed by atoms with Crippen molar-refractivity contribution in [2.75, 3.05) is 12.9 Å². The van der Waals surface area contributed by atoms with E-state index in [2.05, 4.69) is 20.7 Å². The van der Waals surface area contributed by atoms with E-state index in [4.69, 9.17) is 9.47 Å². The minimum absolute atomic E-state index is 0.0930. The van der Waals surface area contributed by atoms with Crippen LogP contribution in [0, 0.1) is 0 Å². The monoisotopic (exact) mass is 515 g/mol. The summed E-state index contributed by atoms with van der Waals surface area (Å²) in [6.07, 6.45) is 0. The number of aromatic nitrogens is 3. The molecule has 0 saturated heterocycles. The number of thioether (sulfide) groups is 1. The van der Waals surface area contributed by atoms with Gasteiger partial charge in [0.25, 0.3) is 5.91 Å². The van der Waals surface area contributed by atoms with Crippen molar-refractivity contribution in [1.29, 1.82) is 0 Å². The number of methoxy groups -OCH3 is 1. The van der Waals surface area contributed by atoms with Gasteiger partial charge in [0.2, 0.25) is 0 Å². The van der Waals surface area contributed by atoms with Gasteiger partial charge in [0, 0.05) is 18.2 Å². The molecule has 4 rings (SSSR count). The van der Waals surface area contributed by atoms with Crippen LogP contribution >= 0.6 is 11.8 Å². The van der Waals surface area contributed by atoms with Gasteiger partial charge in [-0.1, -0.05) is 30.0 Å². The molecule has 0 spiro atoms. The van der Waals surface area contributed by atoms with Crippen LogP contribution in [0.1, 0.15) is 19.4 Å². The Kier molecular flexibility index (Phi) is 8.32. The van der Waals surface area contributed by atoms with E-state index in [1.165, 1.54) is 18.7 Å². The maximum atomic E-state index is 12.6.